The van der Waals surface area contributed by atoms with Crippen molar-refractivity contribution in [3.63, 3.8) is 0 Å². The summed E-state index contributed by atoms with van der Waals surface area (Å²) in [5.74, 6) is 0.400. The van der Waals surface area contributed by atoms with Crippen LogP contribution in [0.5, 0.6) is 0 Å². The molecule has 0 atom stereocenters. The van der Waals surface area contributed by atoms with Crippen LogP contribution in [0.25, 0.3) is 0 Å². The van der Waals surface area contributed by atoms with Crippen molar-refractivity contribution < 1.29 is 8.42 Å². The van der Waals surface area contributed by atoms with Gasteiger partial charge in [0.1, 0.15) is 0 Å². The van der Waals surface area contributed by atoms with Crippen LogP contribution >= 0.6 is 0 Å². The Labute approximate surface area is 157 Å². The molecule has 0 spiro atoms. The fourth-order valence-corrected chi connectivity index (χ4v) is 4.79. The van der Waals surface area contributed by atoms with E-state index in [0.29, 0.717) is 23.9 Å². The number of sulfonamides is 1. The Bertz CT molecular complexity index is 837. The van der Waals surface area contributed by atoms with Crippen molar-refractivity contribution in [3.05, 3.63) is 65.2 Å². The van der Waals surface area contributed by atoms with Gasteiger partial charge >= 0.3 is 0 Å². The first kappa shape index (κ1) is 19.1. The molecule has 3 rings (SSSR count). The number of hydrogen-bond donors (Lipinski definition) is 0. The Hall–Kier alpha value is -1.69. The van der Waals surface area contributed by atoms with Crippen molar-refractivity contribution in [1.29, 1.82) is 0 Å². The molecule has 1 saturated heterocycles. The third kappa shape index (κ3) is 4.34. The third-order valence-electron chi connectivity index (χ3n) is 5.00. The Morgan fingerprint density at radius 2 is 1.62 bits per heavy atom. The summed E-state index contributed by atoms with van der Waals surface area (Å²) in [5, 5.41) is 0. The van der Waals surface area contributed by atoms with Gasteiger partial charge in [-0.25, -0.2) is 8.42 Å². The first-order valence-corrected chi connectivity index (χ1v) is 10.7. The van der Waals surface area contributed by atoms with Gasteiger partial charge in [0.2, 0.25) is 10.0 Å². The molecule has 5 heteroatoms. The van der Waals surface area contributed by atoms with E-state index in [1.54, 1.807) is 16.4 Å². The average molecular weight is 373 g/mol. The van der Waals surface area contributed by atoms with Gasteiger partial charge < -0.3 is 0 Å². The minimum atomic E-state index is -3.40. The van der Waals surface area contributed by atoms with Gasteiger partial charge in [0, 0.05) is 32.7 Å². The van der Waals surface area contributed by atoms with Gasteiger partial charge in [-0.3, -0.25) is 4.90 Å². The highest BCUT2D eigenvalue weighted by atomic mass is 32.2. The summed E-state index contributed by atoms with van der Waals surface area (Å²) in [6.07, 6.45) is 0. The fraction of sp³-hybridized carbons (Fsp3) is 0.429. The van der Waals surface area contributed by atoms with Crippen LogP contribution in [0, 0.1) is 6.92 Å². The Kier molecular flexibility index (Phi) is 5.80. The molecule has 0 N–H and O–H groups in total. The predicted octanol–water partition coefficient (Wildman–Crippen LogP) is 3.62. The van der Waals surface area contributed by atoms with Crippen molar-refractivity contribution in [2.45, 2.75) is 38.1 Å². The number of benzene rings is 2. The van der Waals surface area contributed by atoms with Gasteiger partial charge in [-0.05, 0) is 36.1 Å². The molecule has 2 aromatic carbocycles. The fourth-order valence-electron chi connectivity index (χ4n) is 3.37. The molecule has 0 bridgehead atoms. The maximum absolute atomic E-state index is 12.9. The van der Waals surface area contributed by atoms with Gasteiger partial charge in [0.15, 0.2) is 0 Å². The van der Waals surface area contributed by atoms with E-state index >= 15 is 0 Å². The second-order valence-electron chi connectivity index (χ2n) is 7.39. The number of rotatable bonds is 5. The average Bonchev–Trinajstić information content (AvgIpc) is 2.62. The first-order valence-electron chi connectivity index (χ1n) is 9.24. The lowest BCUT2D eigenvalue weighted by molar-refractivity contribution is 0.181. The summed E-state index contributed by atoms with van der Waals surface area (Å²) in [5.41, 5.74) is 3.70. The zero-order valence-electron chi connectivity index (χ0n) is 15.9. The Balaban J connectivity index is 1.63. The van der Waals surface area contributed by atoms with Gasteiger partial charge in [0.25, 0.3) is 0 Å². The van der Waals surface area contributed by atoms with Crippen LogP contribution in [0.2, 0.25) is 0 Å². The van der Waals surface area contributed by atoms with Crippen molar-refractivity contribution in [2.24, 2.45) is 0 Å². The maximum atomic E-state index is 12.9. The van der Waals surface area contributed by atoms with Crippen molar-refractivity contribution in [2.75, 3.05) is 26.2 Å². The minimum Gasteiger partial charge on any atom is -0.296 e. The second-order valence-corrected chi connectivity index (χ2v) is 9.33. The van der Waals surface area contributed by atoms with E-state index in [0.717, 1.165) is 25.2 Å². The quantitative estimate of drug-likeness (QED) is 0.805. The topological polar surface area (TPSA) is 40.6 Å². The molecule has 140 valence electrons. The molecule has 1 aliphatic heterocycles. The summed E-state index contributed by atoms with van der Waals surface area (Å²) in [6.45, 7) is 9.79. The highest BCUT2D eigenvalue weighted by Crippen LogP contribution is 2.21. The number of piperazine rings is 1. The lowest BCUT2D eigenvalue weighted by Gasteiger charge is -2.34. The Morgan fingerprint density at radius 1 is 0.962 bits per heavy atom. The third-order valence-corrected chi connectivity index (χ3v) is 6.92. The molecular weight excluding hydrogens is 344 g/mol. The Morgan fingerprint density at radius 3 is 2.19 bits per heavy atom. The predicted molar refractivity (Wildman–Crippen MR) is 106 cm³/mol. The molecule has 0 unspecified atom stereocenters. The number of hydrogen-bond acceptors (Lipinski definition) is 3. The molecule has 1 fully saturated rings. The van der Waals surface area contributed by atoms with E-state index in [-0.39, 0.29) is 0 Å². The van der Waals surface area contributed by atoms with E-state index < -0.39 is 10.0 Å². The molecule has 2 aromatic rings. The molecule has 1 heterocycles. The van der Waals surface area contributed by atoms with E-state index in [1.807, 2.05) is 12.1 Å². The van der Waals surface area contributed by atoms with Gasteiger partial charge in [-0.1, -0.05) is 55.8 Å². The van der Waals surface area contributed by atoms with Crippen molar-refractivity contribution in [3.8, 4) is 0 Å². The summed E-state index contributed by atoms with van der Waals surface area (Å²) in [7, 11) is -3.40. The van der Waals surface area contributed by atoms with E-state index in [4.69, 9.17) is 0 Å². The summed E-state index contributed by atoms with van der Waals surface area (Å²) in [4.78, 5) is 2.72. The lowest BCUT2D eigenvalue weighted by Crippen LogP contribution is -2.48. The first-order chi connectivity index (χ1) is 12.4. The van der Waals surface area contributed by atoms with Crippen molar-refractivity contribution >= 4 is 10.0 Å². The van der Waals surface area contributed by atoms with Crippen LogP contribution in [0.15, 0.2) is 53.4 Å². The van der Waals surface area contributed by atoms with E-state index in [2.05, 4.69) is 49.9 Å². The zero-order valence-corrected chi connectivity index (χ0v) is 16.7. The summed E-state index contributed by atoms with van der Waals surface area (Å²) >= 11 is 0. The maximum Gasteiger partial charge on any atom is 0.243 e. The molecule has 0 radical (unpaired) electrons. The van der Waals surface area contributed by atoms with Crippen LogP contribution in [0.3, 0.4) is 0 Å². The molecule has 4 nitrogen and oxygen atoms in total. The summed E-state index contributed by atoms with van der Waals surface area (Å²) < 4.78 is 27.4. The van der Waals surface area contributed by atoms with Gasteiger partial charge in [-0.2, -0.15) is 4.31 Å². The molecular formula is C21H28N2O2S. The molecule has 0 aliphatic carbocycles. The van der Waals surface area contributed by atoms with Crippen LogP contribution in [0.1, 0.15) is 36.5 Å². The number of aryl methyl sites for hydroxylation is 1. The molecule has 26 heavy (non-hydrogen) atoms. The smallest absolute Gasteiger partial charge is 0.243 e. The monoisotopic (exact) mass is 372 g/mol. The minimum absolute atomic E-state index is 0.397. The molecule has 0 aromatic heterocycles. The van der Waals surface area contributed by atoms with E-state index in [1.165, 1.54) is 11.1 Å². The SMILES string of the molecule is Cc1cccc(CN2CCN(S(=O)(=O)c3ccc(C(C)C)cc3)CC2)c1. The lowest BCUT2D eigenvalue weighted by atomic mass is 10.0. The van der Waals surface area contributed by atoms with Crippen LogP contribution in [-0.4, -0.2) is 43.8 Å². The highest BCUT2D eigenvalue weighted by Gasteiger charge is 2.28. The van der Waals surface area contributed by atoms with Gasteiger partial charge in [-0.15, -0.1) is 0 Å². The van der Waals surface area contributed by atoms with Crippen LogP contribution < -0.4 is 0 Å². The molecule has 1 aliphatic rings. The molecule has 0 saturated carbocycles. The highest BCUT2D eigenvalue weighted by molar-refractivity contribution is 7.89. The van der Waals surface area contributed by atoms with E-state index in [9.17, 15) is 8.42 Å². The molecule has 0 amide bonds. The second kappa shape index (κ2) is 7.91. The standard InChI is InChI=1S/C21H28N2O2S/c1-17(2)20-7-9-21(10-8-20)26(24,25)23-13-11-22(12-14-23)16-19-6-4-5-18(3)15-19/h4-10,15,17H,11-14,16H2,1-3H3. The van der Waals surface area contributed by atoms with Crippen molar-refractivity contribution in [1.82, 2.24) is 9.21 Å². The van der Waals surface area contributed by atoms with Gasteiger partial charge in [0.05, 0.1) is 4.90 Å². The normalized spacial score (nSPS) is 16.9. The zero-order chi connectivity index (χ0) is 18.7. The largest absolute Gasteiger partial charge is 0.296 e. The summed E-state index contributed by atoms with van der Waals surface area (Å²) in [6, 6.07) is 15.8. The van der Waals surface area contributed by atoms with Crippen LogP contribution in [-0.2, 0) is 16.6 Å². The number of nitrogens with zero attached hydrogens (tertiary/aromatic N) is 2. The van der Waals surface area contributed by atoms with Crippen LogP contribution in [0.4, 0.5) is 0 Å².